The number of methoxy groups -OCH3 is 2. The number of carbonyl (C=O) groups is 2. The van der Waals surface area contributed by atoms with E-state index in [-0.39, 0.29) is 24.8 Å². The molecule has 156 valence electrons. The van der Waals surface area contributed by atoms with Crippen molar-refractivity contribution >= 4 is 23.3 Å². The summed E-state index contributed by atoms with van der Waals surface area (Å²) in [5, 5.41) is 14.9. The molecule has 2 N–H and O–H groups in total. The topological polar surface area (TPSA) is 117 Å². The molecule has 1 aromatic carbocycles. The smallest absolute Gasteiger partial charge is 0.227 e. The van der Waals surface area contributed by atoms with E-state index in [0.29, 0.717) is 41.7 Å². The van der Waals surface area contributed by atoms with Gasteiger partial charge in [-0.1, -0.05) is 0 Å². The van der Waals surface area contributed by atoms with Crippen LogP contribution >= 0.6 is 0 Å². The first-order chi connectivity index (χ1) is 14.6. The fourth-order valence-electron chi connectivity index (χ4n) is 3.27. The Balaban J connectivity index is 1.56. The predicted molar refractivity (Wildman–Crippen MR) is 110 cm³/mol. The van der Waals surface area contributed by atoms with E-state index in [2.05, 4.69) is 21.7 Å². The third-order valence-corrected chi connectivity index (χ3v) is 4.82. The molecule has 30 heavy (non-hydrogen) atoms. The third-order valence-electron chi connectivity index (χ3n) is 4.82. The van der Waals surface area contributed by atoms with Crippen LogP contribution in [0.5, 0.6) is 11.5 Å². The first-order valence-electron chi connectivity index (χ1n) is 9.46. The van der Waals surface area contributed by atoms with Gasteiger partial charge in [-0.25, -0.2) is 4.98 Å². The molecule has 2 aromatic rings. The largest absolute Gasteiger partial charge is 0.497 e. The van der Waals surface area contributed by atoms with E-state index in [1.807, 2.05) is 0 Å². The van der Waals surface area contributed by atoms with Crippen molar-refractivity contribution < 1.29 is 19.1 Å². The summed E-state index contributed by atoms with van der Waals surface area (Å²) in [6.07, 6.45) is 1.71. The molecule has 9 heteroatoms. The molecule has 3 rings (SSSR count). The zero-order valence-corrected chi connectivity index (χ0v) is 16.8. The lowest BCUT2D eigenvalue weighted by molar-refractivity contribution is -0.126. The summed E-state index contributed by atoms with van der Waals surface area (Å²) < 4.78 is 10.6. The van der Waals surface area contributed by atoms with Gasteiger partial charge in [0.2, 0.25) is 11.8 Å². The van der Waals surface area contributed by atoms with E-state index in [0.717, 1.165) is 0 Å². The highest BCUT2D eigenvalue weighted by Gasteiger charge is 2.36. The van der Waals surface area contributed by atoms with Crippen LogP contribution in [0.1, 0.15) is 12.0 Å². The first-order valence-corrected chi connectivity index (χ1v) is 9.46. The van der Waals surface area contributed by atoms with E-state index in [9.17, 15) is 9.59 Å². The molecule has 0 aliphatic carbocycles. The second-order valence-corrected chi connectivity index (χ2v) is 6.67. The highest BCUT2D eigenvalue weighted by Crippen LogP contribution is 2.36. The Hall–Kier alpha value is -3.80. The lowest BCUT2D eigenvalue weighted by Crippen LogP contribution is -2.35. The van der Waals surface area contributed by atoms with Gasteiger partial charge in [-0.3, -0.25) is 9.59 Å². The first kappa shape index (κ1) is 20.9. The van der Waals surface area contributed by atoms with Crippen LogP contribution in [0.25, 0.3) is 0 Å². The van der Waals surface area contributed by atoms with Crippen LogP contribution in [0.15, 0.2) is 36.5 Å². The predicted octanol–water partition coefficient (Wildman–Crippen LogP) is 1.55. The van der Waals surface area contributed by atoms with Gasteiger partial charge in [0.15, 0.2) is 0 Å². The molecule has 1 aliphatic rings. The van der Waals surface area contributed by atoms with Gasteiger partial charge in [0.05, 0.1) is 31.4 Å². The summed E-state index contributed by atoms with van der Waals surface area (Å²) in [6.45, 7) is 1.01. The zero-order chi connectivity index (χ0) is 21.5. The van der Waals surface area contributed by atoms with Crippen molar-refractivity contribution in [1.82, 2.24) is 10.3 Å². The van der Waals surface area contributed by atoms with Crippen molar-refractivity contribution in [2.45, 2.75) is 6.42 Å². The van der Waals surface area contributed by atoms with Crippen molar-refractivity contribution in [3.05, 3.63) is 42.1 Å². The number of nitriles is 1. The summed E-state index contributed by atoms with van der Waals surface area (Å²) in [4.78, 5) is 30.7. The van der Waals surface area contributed by atoms with Crippen molar-refractivity contribution in [2.24, 2.45) is 5.92 Å². The molecule has 1 aromatic heterocycles. The monoisotopic (exact) mass is 409 g/mol. The molecule has 1 fully saturated rings. The molecular formula is C21H23N5O4. The average Bonchev–Trinajstić information content (AvgIpc) is 3.17. The number of benzene rings is 1. The second kappa shape index (κ2) is 9.60. The van der Waals surface area contributed by atoms with Crippen LogP contribution in [0, 0.1) is 17.2 Å². The third kappa shape index (κ3) is 4.60. The highest BCUT2D eigenvalue weighted by molar-refractivity contribution is 6.01. The second-order valence-electron chi connectivity index (χ2n) is 6.67. The highest BCUT2D eigenvalue weighted by atomic mass is 16.5. The van der Waals surface area contributed by atoms with E-state index < -0.39 is 5.92 Å². The fraction of sp³-hybridized carbons (Fsp3) is 0.333. The molecule has 0 saturated carbocycles. The number of amides is 2. The van der Waals surface area contributed by atoms with Crippen LogP contribution in [0.4, 0.5) is 11.5 Å². The quantitative estimate of drug-likeness (QED) is 0.636. The summed E-state index contributed by atoms with van der Waals surface area (Å²) in [6, 6.07) is 10.6. The minimum absolute atomic E-state index is 0.123. The number of ether oxygens (including phenoxy) is 2. The van der Waals surface area contributed by atoms with Gasteiger partial charge < -0.3 is 25.0 Å². The maximum atomic E-state index is 12.5. The van der Waals surface area contributed by atoms with E-state index >= 15 is 0 Å². The maximum absolute atomic E-state index is 12.5. The van der Waals surface area contributed by atoms with Crippen LogP contribution in [-0.4, -0.2) is 50.7 Å². The number of anilines is 2. The number of hydrogen-bond acceptors (Lipinski definition) is 7. The number of nitrogens with zero attached hydrogens (tertiary/aromatic N) is 3. The van der Waals surface area contributed by atoms with Crippen LogP contribution < -0.4 is 25.0 Å². The molecular weight excluding hydrogens is 386 g/mol. The molecule has 1 aliphatic heterocycles. The van der Waals surface area contributed by atoms with Gasteiger partial charge in [-0.05, 0) is 24.3 Å². The molecule has 1 saturated heterocycles. The summed E-state index contributed by atoms with van der Waals surface area (Å²) in [5.41, 5.74) is 1.02. The van der Waals surface area contributed by atoms with Crippen LogP contribution in [-0.2, 0) is 9.59 Å². The molecule has 1 unspecified atom stereocenters. The Kier molecular flexibility index (Phi) is 6.70. The van der Waals surface area contributed by atoms with Crippen molar-refractivity contribution in [3.8, 4) is 17.6 Å². The molecule has 2 heterocycles. The lowest BCUT2D eigenvalue weighted by Gasteiger charge is -2.20. The number of nitrogens with one attached hydrogen (secondary N) is 2. The van der Waals surface area contributed by atoms with E-state index in [1.54, 1.807) is 48.5 Å². The Morgan fingerprint density at radius 3 is 2.87 bits per heavy atom. The van der Waals surface area contributed by atoms with Gasteiger partial charge in [-0.15, -0.1) is 0 Å². The molecule has 0 radical (unpaired) electrons. The van der Waals surface area contributed by atoms with Gasteiger partial charge in [-0.2, -0.15) is 5.26 Å². The van der Waals surface area contributed by atoms with Crippen LogP contribution in [0.3, 0.4) is 0 Å². The van der Waals surface area contributed by atoms with Gasteiger partial charge in [0.1, 0.15) is 23.4 Å². The fourth-order valence-corrected chi connectivity index (χ4v) is 3.27. The average molecular weight is 409 g/mol. The number of pyridine rings is 1. The Morgan fingerprint density at radius 1 is 1.30 bits per heavy atom. The molecule has 9 nitrogen and oxygen atoms in total. The molecule has 0 bridgehead atoms. The standard InChI is InChI=1S/C21H23N5O4/c1-29-16-5-6-18(30-2)17(11-16)26-13-15(10-19(26)27)21(28)25-9-8-24-20-14(12-22)4-3-7-23-20/h3-7,11,15H,8-10,13H2,1-2H3,(H,23,24)(H,25,28). The SMILES string of the molecule is COc1ccc(OC)c(N2CC(C(=O)NCCNc3ncccc3C#N)CC2=O)c1. The minimum Gasteiger partial charge on any atom is -0.497 e. The Morgan fingerprint density at radius 2 is 2.13 bits per heavy atom. The molecule has 2 amide bonds. The van der Waals surface area contributed by atoms with Crippen molar-refractivity contribution in [3.63, 3.8) is 0 Å². The number of aromatic nitrogens is 1. The lowest BCUT2D eigenvalue weighted by atomic mass is 10.1. The normalized spacial score (nSPS) is 15.4. The van der Waals surface area contributed by atoms with Crippen molar-refractivity contribution in [2.75, 3.05) is 44.1 Å². The maximum Gasteiger partial charge on any atom is 0.227 e. The Bertz CT molecular complexity index is 972. The molecule has 1 atom stereocenters. The van der Waals surface area contributed by atoms with Gasteiger partial charge >= 0.3 is 0 Å². The zero-order valence-electron chi connectivity index (χ0n) is 16.8. The number of rotatable bonds is 8. The summed E-state index contributed by atoms with van der Waals surface area (Å²) in [7, 11) is 3.08. The summed E-state index contributed by atoms with van der Waals surface area (Å²) >= 11 is 0. The van der Waals surface area contributed by atoms with Crippen LogP contribution in [0.2, 0.25) is 0 Å². The van der Waals surface area contributed by atoms with Gasteiger partial charge in [0, 0.05) is 38.3 Å². The minimum atomic E-state index is -0.460. The number of carbonyl (C=O) groups excluding carboxylic acids is 2. The Labute approximate surface area is 174 Å². The number of hydrogen-bond donors (Lipinski definition) is 2. The van der Waals surface area contributed by atoms with Crippen molar-refractivity contribution in [1.29, 1.82) is 5.26 Å². The summed E-state index contributed by atoms with van der Waals surface area (Å²) in [5.74, 6) is 0.810. The van der Waals surface area contributed by atoms with E-state index in [1.165, 1.54) is 7.11 Å². The van der Waals surface area contributed by atoms with E-state index in [4.69, 9.17) is 14.7 Å². The van der Waals surface area contributed by atoms with Gasteiger partial charge in [0.25, 0.3) is 0 Å². The molecule has 0 spiro atoms.